The number of aryl methyl sites for hydroxylation is 2. The molecule has 0 saturated heterocycles. The van der Waals surface area contributed by atoms with Crippen LogP contribution >= 0.6 is 11.6 Å². The topological polar surface area (TPSA) is 46.4 Å². The van der Waals surface area contributed by atoms with Crippen molar-refractivity contribution in [3.63, 3.8) is 0 Å². The molecule has 4 rings (SSSR count). The van der Waals surface area contributed by atoms with Crippen molar-refractivity contribution in [1.82, 2.24) is 4.57 Å². The molecule has 1 N–H and O–H groups in total. The van der Waals surface area contributed by atoms with E-state index in [1.54, 1.807) is 0 Å². The highest BCUT2D eigenvalue weighted by molar-refractivity contribution is 6.37. The molecule has 5 heteroatoms. The molecular formula is C19H16ClN3O. The minimum absolute atomic E-state index is 0.0849. The van der Waals surface area contributed by atoms with Crippen LogP contribution in [-0.4, -0.2) is 10.8 Å². The minimum atomic E-state index is -0.0849. The van der Waals surface area contributed by atoms with Crippen LogP contribution in [0.3, 0.4) is 0 Å². The largest absolute Gasteiger partial charge is 0.307 e. The first kappa shape index (κ1) is 15.0. The third kappa shape index (κ3) is 2.49. The van der Waals surface area contributed by atoms with Gasteiger partial charge < -0.3 is 4.57 Å². The van der Waals surface area contributed by atoms with Crippen LogP contribution in [0.25, 0.3) is 10.9 Å². The van der Waals surface area contributed by atoms with Gasteiger partial charge in [-0.25, -0.2) is 0 Å². The van der Waals surface area contributed by atoms with Gasteiger partial charge in [0, 0.05) is 11.9 Å². The number of para-hydroxylation sites is 2. The van der Waals surface area contributed by atoms with Crippen LogP contribution in [0.15, 0.2) is 58.4 Å². The Morgan fingerprint density at radius 1 is 1.12 bits per heavy atom. The first-order chi connectivity index (χ1) is 11.8. The molecule has 2 aromatic carbocycles. The van der Waals surface area contributed by atoms with Crippen LogP contribution in [0.4, 0.5) is 5.69 Å². The average Bonchev–Trinajstić information content (AvgIpc) is 2.63. The van der Waals surface area contributed by atoms with Crippen LogP contribution < -0.4 is 11.0 Å². The van der Waals surface area contributed by atoms with Crippen molar-refractivity contribution < 1.29 is 0 Å². The molecule has 0 amide bonds. The maximum absolute atomic E-state index is 12.8. The number of aromatic nitrogens is 1. The predicted octanol–water partition coefficient (Wildman–Crippen LogP) is 4.05. The van der Waals surface area contributed by atoms with Gasteiger partial charge in [0.15, 0.2) is 0 Å². The molecule has 3 aromatic rings. The zero-order valence-corrected chi connectivity index (χ0v) is 13.8. The van der Waals surface area contributed by atoms with Gasteiger partial charge in [0.2, 0.25) is 0 Å². The SMILES string of the molecule is O=c1c(/C=N/Nc2ccccc2)c(Cl)c2cccc3c2n1CCC3. The average molecular weight is 338 g/mol. The molecule has 0 bridgehead atoms. The number of hydrazone groups is 1. The summed E-state index contributed by atoms with van der Waals surface area (Å²) in [4.78, 5) is 12.8. The zero-order valence-electron chi connectivity index (χ0n) is 13.0. The van der Waals surface area contributed by atoms with Crippen molar-refractivity contribution in [2.75, 3.05) is 5.43 Å². The van der Waals surface area contributed by atoms with E-state index in [0.29, 0.717) is 10.6 Å². The molecule has 0 fully saturated rings. The van der Waals surface area contributed by atoms with Crippen LogP contribution in [-0.2, 0) is 13.0 Å². The Morgan fingerprint density at radius 2 is 1.96 bits per heavy atom. The predicted molar refractivity (Wildman–Crippen MR) is 99.2 cm³/mol. The number of benzene rings is 2. The number of hydrogen-bond donors (Lipinski definition) is 1. The van der Waals surface area contributed by atoms with E-state index >= 15 is 0 Å². The molecule has 2 heterocycles. The number of nitrogens with one attached hydrogen (secondary N) is 1. The molecule has 0 unspecified atom stereocenters. The first-order valence-corrected chi connectivity index (χ1v) is 8.31. The summed E-state index contributed by atoms with van der Waals surface area (Å²) in [6, 6.07) is 15.6. The summed E-state index contributed by atoms with van der Waals surface area (Å²) in [7, 11) is 0. The Kier molecular flexibility index (Phi) is 3.82. The van der Waals surface area contributed by atoms with E-state index in [4.69, 9.17) is 11.6 Å². The van der Waals surface area contributed by atoms with Gasteiger partial charge in [0.25, 0.3) is 5.56 Å². The fourth-order valence-electron chi connectivity index (χ4n) is 3.21. The summed E-state index contributed by atoms with van der Waals surface area (Å²) in [5.41, 5.74) is 6.26. The summed E-state index contributed by atoms with van der Waals surface area (Å²) in [6.07, 6.45) is 3.46. The van der Waals surface area contributed by atoms with E-state index in [9.17, 15) is 4.79 Å². The van der Waals surface area contributed by atoms with Crippen LogP contribution in [0.1, 0.15) is 17.5 Å². The second kappa shape index (κ2) is 6.13. The third-order valence-electron chi connectivity index (χ3n) is 4.33. The molecule has 0 spiro atoms. The second-order valence-corrected chi connectivity index (χ2v) is 6.22. The van der Waals surface area contributed by atoms with E-state index < -0.39 is 0 Å². The number of rotatable bonds is 3. The fraction of sp³-hybridized carbons (Fsp3) is 0.158. The highest BCUT2D eigenvalue weighted by Gasteiger charge is 2.19. The van der Waals surface area contributed by atoms with Gasteiger partial charge in [-0.05, 0) is 30.5 Å². The van der Waals surface area contributed by atoms with E-state index in [-0.39, 0.29) is 5.56 Å². The summed E-state index contributed by atoms with van der Waals surface area (Å²) >= 11 is 6.52. The monoisotopic (exact) mass is 337 g/mol. The fourth-order valence-corrected chi connectivity index (χ4v) is 3.49. The lowest BCUT2D eigenvalue weighted by Crippen LogP contribution is -2.28. The summed E-state index contributed by atoms with van der Waals surface area (Å²) in [5, 5.41) is 5.56. The first-order valence-electron chi connectivity index (χ1n) is 7.94. The number of halogens is 1. The second-order valence-electron chi connectivity index (χ2n) is 5.84. The van der Waals surface area contributed by atoms with E-state index in [0.717, 1.165) is 36.0 Å². The van der Waals surface area contributed by atoms with Gasteiger partial charge in [-0.3, -0.25) is 10.2 Å². The van der Waals surface area contributed by atoms with Gasteiger partial charge >= 0.3 is 0 Å². The van der Waals surface area contributed by atoms with E-state index in [1.807, 2.05) is 47.0 Å². The minimum Gasteiger partial charge on any atom is -0.307 e. The normalized spacial score (nSPS) is 13.5. The molecule has 120 valence electrons. The molecule has 4 nitrogen and oxygen atoms in total. The standard InChI is InChI=1S/C19H16ClN3O/c20-17-15-10-4-6-13-7-5-11-23(18(13)15)19(24)16(17)12-21-22-14-8-2-1-3-9-14/h1-4,6,8-10,12,22H,5,7,11H2/b21-12+. The number of hydrogen-bond acceptors (Lipinski definition) is 3. The molecule has 0 aliphatic carbocycles. The quantitative estimate of drug-likeness (QED) is 0.579. The maximum Gasteiger partial charge on any atom is 0.261 e. The Bertz CT molecular complexity index is 993. The summed E-state index contributed by atoms with van der Waals surface area (Å²) in [6.45, 7) is 0.719. The van der Waals surface area contributed by atoms with Gasteiger partial charge in [-0.2, -0.15) is 5.10 Å². The molecule has 1 aliphatic heterocycles. The molecule has 0 saturated carbocycles. The molecule has 0 radical (unpaired) electrons. The van der Waals surface area contributed by atoms with Crippen LogP contribution in [0.2, 0.25) is 5.02 Å². The van der Waals surface area contributed by atoms with Gasteiger partial charge in [0.05, 0.1) is 28.0 Å². The Labute approximate surface area is 144 Å². The van der Waals surface area contributed by atoms with Crippen molar-refractivity contribution in [3.05, 3.63) is 75.0 Å². The molecule has 24 heavy (non-hydrogen) atoms. The molecule has 1 aromatic heterocycles. The Morgan fingerprint density at radius 3 is 2.79 bits per heavy atom. The van der Waals surface area contributed by atoms with Crippen molar-refractivity contribution in [2.45, 2.75) is 19.4 Å². The highest BCUT2D eigenvalue weighted by Crippen LogP contribution is 2.29. The molecule has 0 atom stereocenters. The lowest BCUT2D eigenvalue weighted by Gasteiger charge is -2.20. The molecule has 1 aliphatic rings. The number of nitrogens with zero attached hydrogens (tertiary/aromatic N) is 2. The van der Waals surface area contributed by atoms with Crippen LogP contribution in [0, 0.1) is 0 Å². The van der Waals surface area contributed by atoms with Crippen molar-refractivity contribution in [1.29, 1.82) is 0 Å². The highest BCUT2D eigenvalue weighted by atomic mass is 35.5. The lowest BCUT2D eigenvalue weighted by atomic mass is 10.00. The van der Waals surface area contributed by atoms with Crippen molar-refractivity contribution >= 4 is 34.4 Å². The maximum atomic E-state index is 12.8. The van der Waals surface area contributed by atoms with Crippen molar-refractivity contribution in [2.24, 2.45) is 5.10 Å². The summed E-state index contributed by atoms with van der Waals surface area (Å²) < 4.78 is 1.82. The van der Waals surface area contributed by atoms with E-state index in [1.165, 1.54) is 11.8 Å². The van der Waals surface area contributed by atoms with Gasteiger partial charge in [0.1, 0.15) is 0 Å². The molecular weight excluding hydrogens is 322 g/mol. The Hall–Kier alpha value is -2.59. The lowest BCUT2D eigenvalue weighted by molar-refractivity contribution is 0.615. The number of pyridine rings is 1. The van der Waals surface area contributed by atoms with Crippen LogP contribution in [0.5, 0.6) is 0 Å². The van der Waals surface area contributed by atoms with Gasteiger partial charge in [-0.15, -0.1) is 0 Å². The summed E-state index contributed by atoms with van der Waals surface area (Å²) in [5.74, 6) is 0. The smallest absolute Gasteiger partial charge is 0.261 e. The number of anilines is 1. The van der Waals surface area contributed by atoms with Gasteiger partial charge in [-0.1, -0.05) is 48.0 Å². The zero-order chi connectivity index (χ0) is 16.5. The van der Waals surface area contributed by atoms with Crippen molar-refractivity contribution in [3.8, 4) is 0 Å². The Balaban J connectivity index is 1.80. The third-order valence-corrected chi connectivity index (χ3v) is 4.73. The van der Waals surface area contributed by atoms with E-state index in [2.05, 4.69) is 16.6 Å².